The minimum Gasteiger partial charge on any atom is -0.482 e. The van der Waals surface area contributed by atoms with Gasteiger partial charge in [0.15, 0.2) is 0 Å². The topological polar surface area (TPSA) is 89.9 Å². The van der Waals surface area contributed by atoms with E-state index >= 15 is 0 Å². The summed E-state index contributed by atoms with van der Waals surface area (Å²) in [5.74, 6) is -2.34. The van der Waals surface area contributed by atoms with Crippen LogP contribution in [0.2, 0.25) is 0 Å². The summed E-state index contributed by atoms with van der Waals surface area (Å²) in [6, 6.07) is 11.7. The van der Waals surface area contributed by atoms with E-state index in [-0.39, 0.29) is 5.56 Å². The van der Waals surface area contributed by atoms with Crippen LogP contribution in [-0.4, -0.2) is 31.3 Å². The Kier molecular flexibility index (Phi) is 7.14. The third kappa shape index (κ3) is 6.01. The minimum absolute atomic E-state index is 0.220. The van der Waals surface area contributed by atoms with E-state index in [2.05, 4.69) is 0 Å². The molecule has 2 aromatic carbocycles. The number of alkyl halides is 3. The monoisotopic (exact) mass is 472 g/mol. The Morgan fingerprint density at radius 1 is 1.03 bits per heavy atom. The summed E-state index contributed by atoms with van der Waals surface area (Å²) in [5.41, 5.74) is -1.45. The molecule has 1 N–H and O–H groups in total. The largest absolute Gasteiger partial charge is 0.482 e. The number of esters is 1. The number of rotatable bonds is 7. The Morgan fingerprint density at radius 2 is 1.69 bits per heavy atom. The number of carbonyl (C=O) groups excluding carboxylic acids is 1. The second kappa shape index (κ2) is 9.50. The molecule has 0 spiro atoms. The van der Waals surface area contributed by atoms with Crippen molar-refractivity contribution >= 4 is 16.1 Å². The average Bonchev–Trinajstić information content (AvgIpc) is 2.73. The van der Waals surface area contributed by atoms with Crippen LogP contribution in [-0.2, 0) is 26.6 Å². The Balaban J connectivity index is 1.95. The fourth-order valence-corrected chi connectivity index (χ4v) is 4.11. The molecule has 0 atom stereocenters. The zero-order chi connectivity index (χ0) is 23.4. The van der Waals surface area contributed by atoms with Crippen molar-refractivity contribution in [2.24, 2.45) is 0 Å². The highest BCUT2D eigenvalue weighted by atomic mass is 32.2. The molecule has 0 unspecified atom stereocenters. The molecule has 0 bridgehead atoms. The van der Waals surface area contributed by atoms with Crippen LogP contribution in [0, 0.1) is 0 Å². The number of hydrogen-bond donors (Lipinski definition) is 1. The quantitative estimate of drug-likeness (QED) is 0.451. The number of hydrogen-bond acceptors (Lipinski definition) is 5. The smallest absolute Gasteiger partial charge is 0.419 e. The molecule has 0 aromatic heterocycles. The van der Waals surface area contributed by atoms with Gasteiger partial charge in [0.2, 0.25) is 0 Å². The zero-order valence-corrected chi connectivity index (χ0v) is 17.9. The lowest BCUT2D eigenvalue weighted by Gasteiger charge is -2.39. The van der Waals surface area contributed by atoms with Gasteiger partial charge in [-0.15, -0.1) is 0 Å². The van der Waals surface area contributed by atoms with E-state index in [0.29, 0.717) is 12.8 Å². The third-order valence-corrected chi connectivity index (χ3v) is 6.05. The molecule has 3 rings (SSSR count). The van der Waals surface area contributed by atoms with E-state index in [4.69, 9.17) is 14.0 Å². The third-order valence-electron chi connectivity index (χ3n) is 5.36. The molecule has 32 heavy (non-hydrogen) atoms. The van der Waals surface area contributed by atoms with Gasteiger partial charge < -0.3 is 9.47 Å². The van der Waals surface area contributed by atoms with Crippen molar-refractivity contribution in [1.29, 1.82) is 0 Å². The summed E-state index contributed by atoms with van der Waals surface area (Å²) in [4.78, 5) is 12.3. The predicted octanol–water partition coefficient (Wildman–Crippen LogP) is 4.99. The molecule has 1 aliphatic rings. The maximum atomic E-state index is 13.7. The van der Waals surface area contributed by atoms with Crippen molar-refractivity contribution in [3.8, 4) is 5.75 Å². The van der Waals surface area contributed by atoms with Crippen molar-refractivity contribution < 1.29 is 40.4 Å². The van der Waals surface area contributed by atoms with Crippen LogP contribution < -0.4 is 4.74 Å². The molecule has 0 amide bonds. The van der Waals surface area contributed by atoms with Gasteiger partial charge in [-0.1, -0.05) is 36.8 Å². The Bertz CT molecular complexity index is 1050. The van der Waals surface area contributed by atoms with Crippen LogP contribution in [0.1, 0.15) is 53.6 Å². The van der Waals surface area contributed by atoms with Crippen molar-refractivity contribution in [1.82, 2.24) is 0 Å². The Hall–Kier alpha value is -2.59. The predicted molar refractivity (Wildman–Crippen MR) is 110 cm³/mol. The Labute approximate surface area is 184 Å². The second-order valence-electron chi connectivity index (χ2n) is 7.65. The first-order chi connectivity index (χ1) is 15.0. The fourth-order valence-electron chi connectivity index (χ4n) is 3.82. The second-order valence-corrected chi connectivity index (χ2v) is 9.23. The molecule has 0 saturated heterocycles. The Morgan fingerprint density at radius 3 is 2.28 bits per heavy atom. The minimum atomic E-state index is -4.71. The molecule has 0 heterocycles. The lowest BCUT2D eigenvalue weighted by molar-refractivity contribution is -0.140. The van der Waals surface area contributed by atoms with Gasteiger partial charge in [-0.3, -0.25) is 4.55 Å². The normalized spacial score (nSPS) is 16.4. The van der Waals surface area contributed by atoms with E-state index in [9.17, 15) is 26.4 Å². The lowest BCUT2D eigenvalue weighted by atomic mass is 9.79. The lowest BCUT2D eigenvalue weighted by Crippen LogP contribution is -2.36. The fraction of sp³-hybridized carbons (Fsp3) is 0.409. The van der Waals surface area contributed by atoms with Gasteiger partial charge in [0.1, 0.15) is 23.7 Å². The summed E-state index contributed by atoms with van der Waals surface area (Å²) in [7, 11) is -4.34. The van der Waals surface area contributed by atoms with Crippen LogP contribution in [0.4, 0.5) is 13.2 Å². The highest BCUT2D eigenvalue weighted by molar-refractivity contribution is 7.85. The highest BCUT2D eigenvalue weighted by Gasteiger charge is 2.41. The van der Waals surface area contributed by atoms with Gasteiger partial charge in [0.25, 0.3) is 10.1 Å². The average molecular weight is 472 g/mol. The van der Waals surface area contributed by atoms with Crippen LogP contribution in [0.5, 0.6) is 5.75 Å². The van der Waals surface area contributed by atoms with E-state index < -0.39 is 51.5 Å². The molecule has 0 radical (unpaired) electrons. The maximum Gasteiger partial charge on any atom is 0.419 e. The van der Waals surface area contributed by atoms with Crippen LogP contribution >= 0.6 is 0 Å². The SMILES string of the molecule is O=C(OCCS(=O)(=O)O)c1ccc(C(F)(F)F)c(OC2(c3ccccc3)CCCCC2)c1. The molecule has 1 fully saturated rings. The van der Waals surface area contributed by atoms with Gasteiger partial charge in [-0.05, 0) is 49.4 Å². The first-order valence-electron chi connectivity index (χ1n) is 10.1. The van der Waals surface area contributed by atoms with E-state index in [1.807, 2.05) is 18.2 Å². The van der Waals surface area contributed by atoms with Gasteiger partial charge >= 0.3 is 12.1 Å². The maximum absolute atomic E-state index is 13.7. The molecule has 2 aromatic rings. The molecule has 1 saturated carbocycles. The summed E-state index contributed by atoms with van der Waals surface area (Å²) in [6.45, 7) is -0.636. The number of ether oxygens (including phenoxy) is 2. The summed E-state index contributed by atoms with van der Waals surface area (Å²) in [6.07, 6.45) is -1.14. The molecular weight excluding hydrogens is 449 g/mol. The van der Waals surface area contributed by atoms with Crippen molar-refractivity contribution in [2.75, 3.05) is 12.4 Å². The van der Waals surface area contributed by atoms with E-state index in [0.717, 1.165) is 43.0 Å². The standard InChI is InChI=1S/C22H23F3O6S/c23-22(24,25)18-10-9-16(20(26)30-13-14-32(27,28)29)15-19(18)31-21(11-5-2-6-12-21)17-7-3-1-4-8-17/h1,3-4,7-10,15H,2,5-6,11-14H2,(H,27,28,29). The summed E-state index contributed by atoms with van der Waals surface area (Å²) in [5, 5.41) is 0. The molecule has 6 nitrogen and oxygen atoms in total. The van der Waals surface area contributed by atoms with E-state index in [1.54, 1.807) is 12.1 Å². The van der Waals surface area contributed by atoms with Crippen molar-refractivity contribution in [3.63, 3.8) is 0 Å². The van der Waals surface area contributed by atoms with Gasteiger partial charge in [-0.2, -0.15) is 21.6 Å². The first kappa shape index (κ1) is 24.1. The highest BCUT2D eigenvalue weighted by Crippen LogP contribution is 2.45. The van der Waals surface area contributed by atoms with Crippen LogP contribution in [0.15, 0.2) is 48.5 Å². The molecule has 174 valence electrons. The number of benzene rings is 2. The summed E-state index contributed by atoms with van der Waals surface area (Å²) < 4.78 is 82.2. The molecule has 1 aliphatic carbocycles. The van der Waals surface area contributed by atoms with Crippen LogP contribution in [0.25, 0.3) is 0 Å². The number of halogens is 3. The molecule has 10 heteroatoms. The zero-order valence-electron chi connectivity index (χ0n) is 17.1. The first-order valence-corrected chi connectivity index (χ1v) is 11.7. The summed E-state index contributed by atoms with van der Waals surface area (Å²) >= 11 is 0. The van der Waals surface area contributed by atoms with Gasteiger partial charge in [0.05, 0.1) is 11.1 Å². The van der Waals surface area contributed by atoms with Crippen LogP contribution in [0.3, 0.4) is 0 Å². The molecular formula is C22H23F3O6S. The van der Waals surface area contributed by atoms with E-state index in [1.165, 1.54) is 0 Å². The van der Waals surface area contributed by atoms with Crippen molar-refractivity contribution in [2.45, 2.75) is 43.9 Å². The van der Waals surface area contributed by atoms with Gasteiger partial charge in [-0.25, -0.2) is 4.79 Å². The van der Waals surface area contributed by atoms with Crippen molar-refractivity contribution in [3.05, 3.63) is 65.2 Å². The molecule has 0 aliphatic heterocycles. The number of carbonyl (C=O) groups is 1. The van der Waals surface area contributed by atoms with Gasteiger partial charge in [0, 0.05) is 0 Å².